The van der Waals surface area contributed by atoms with Crippen LogP contribution in [0.15, 0.2) is 64.4 Å². The third-order valence-electron chi connectivity index (χ3n) is 2.18. The predicted octanol–water partition coefficient (Wildman–Crippen LogP) is 2.66. The van der Waals surface area contributed by atoms with Gasteiger partial charge in [-0.1, -0.05) is 30.3 Å². The molecule has 16 heavy (non-hydrogen) atoms. The summed E-state index contributed by atoms with van der Waals surface area (Å²) in [5.74, 6) is -0.730. The second-order valence-electron chi connectivity index (χ2n) is 3.25. The quantitative estimate of drug-likeness (QED) is 0.803. The number of hydrogen-bond donors (Lipinski definition) is 0. The molecule has 0 aliphatic rings. The smallest absolute Gasteiger partial charge is 0.209 e. The van der Waals surface area contributed by atoms with Crippen LogP contribution < -0.4 is 0 Å². The lowest BCUT2D eigenvalue weighted by molar-refractivity contribution is 0.567. The number of rotatable bonds is 2. The zero-order valence-corrected chi connectivity index (χ0v) is 9.12. The molecular weight excluding hydrogens is 227 g/mol. The van der Waals surface area contributed by atoms with Gasteiger partial charge in [0.05, 0.1) is 4.90 Å². The second kappa shape index (κ2) is 4.06. The molecular formula is C12H9FO2S. The lowest BCUT2D eigenvalue weighted by Gasteiger charge is -2.04. The first-order chi connectivity index (χ1) is 7.62. The molecule has 0 aliphatic heterocycles. The summed E-state index contributed by atoms with van der Waals surface area (Å²) in [6.45, 7) is 0. The zero-order valence-electron chi connectivity index (χ0n) is 8.30. The normalized spacial score (nSPS) is 11.3. The van der Waals surface area contributed by atoms with Gasteiger partial charge < -0.3 is 0 Å². The highest BCUT2D eigenvalue weighted by atomic mass is 32.2. The van der Waals surface area contributed by atoms with Gasteiger partial charge >= 0.3 is 0 Å². The molecule has 0 bridgehead atoms. The Morgan fingerprint density at radius 2 is 1.38 bits per heavy atom. The molecule has 2 aromatic rings. The third-order valence-corrected chi connectivity index (χ3v) is 3.98. The summed E-state index contributed by atoms with van der Waals surface area (Å²) in [7, 11) is -3.74. The van der Waals surface area contributed by atoms with E-state index in [2.05, 4.69) is 0 Å². The van der Waals surface area contributed by atoms with Crippen molar-refractivity contribution in [3.05, 3.63) is 60.4 Å². The van der Waals surface area contributed by atoms with Crippen molar-refractivity contribution in [3.63, 3.8) is 0 Å². The minimum atomic E-state index is -3.74. The zero-order chi connectivity index (χ0) is 11.6. The Bertz CT molecular complexity index is 591. The van der Waals surface area contributed by atoms with Crippen LogP contribution in [-0.4, -0.2) is 8.42 Å². The number of halogens is 1. The van der Waals surface area contributed by atoms with Gasteiger partial charge in [-0.05, 0) is 24.3 Å². The monoisotopic (exact) mass is 236 g/mol. The Morgan fingerprint density at radius 1 is 0.812 bits per heavy atom. The molecule has 0 heterocycles. The SMILES string of the molecule is O=S(=O)(c1ccccc1)c1ccccc1F. The molecule has 0 atom stereocenters. The first-order valence-electron chi connectivity index (χ1n) is 4.67. The van der Waals surface area contributed by atoms with E-state index in [4.69, 9.17) is 0 Å². The highest BCUT2D eigenvalue weighted by molar-refractivity contribution is 7.91. The second-order valence-corrected chi connectivity index (χ2v) is 5.17. The van der Waals surface area contributed by atoms with Gasteiger partial charge in [0.15, 0.2) is 0 Å². The van der Waals surface area contributed by atoms with Crippen molar-refractivity contribution in [3.8, 4) is 0 Å². The predicted molar refractivity (Wildman–Crippen MR) is 58.3 cm³/mol. The van der Waals surface area contributed by atoms with Crippen LogP contribution in [0.4, 0.5) is 4.39 Å². The summed E-state index contributed by atoms with van der Waals surface area (Å²) in [6.07, 6.45) is 0. The van der Waals surface area contributed by atoms with Gasteiger partial charge in [-0.25, -0.2) is 12.8 Å². The number of hydrogen-bond acceptors (Lipinski definition) is 2. The maximum atomic E-state index is 13.4. The molecule has 0 radical (unpaired) electrons. The average molecular weight is 236 g/mol. The minimum Gasteiger partial charge on any atom is -0.218 e. The molecule has 0 fully saturated rings. The fraction of sp³-hybridized carbons (Fsp3) is 0. The lowest BCUT2D eigenvalue weighted by atomic mass is 10.3. The first kappa shape index (κ1) is 10.8. The molecule has 0 aromatic heterocycles. The van der Waals surface area contributed by atoms with Gasteiger partial charge in [-0.3, -0.25) is 0 Å². The van der Waals surface area contributed by atoms with E-state index in [0.717, 1.165) is 6.07 Å². The Hall–Kier alpha value is -1.68. The number of benzene rings is 2. The van der Waals surface area contributed by atoms with Crippen LogP contribution in [0, 0.1) is 5.82 Å². The highest BCUT2D eigenvalue weighted by Gasteiger charge is 2.20. The van der Waals surface area contributed by atoms with Gasteiger partial charge in [0, 0.05) is 0 Å². The summed E-state index contributed by atoms with van der Waals surface area (Å²) >= 11 is 0. The first-order valence-corrected chi connectivity index (χ1v) is 6.15. The largest absolute Gasteiger partial charge is 0.218 e. The van der Waals surface area contributed by atoms with Crippen molar-refractivity contribution in [2.45, 2.75) is 9.79 Å². The van der Waals surface area contributed by atoms with E-state index >= 15 is 0 Å². The van der Waals surface area contributed by atoms with Crippen LogP contribution in [0.3, 0.4) is 0 Å². The summed E-state index contributed by atoms with van der Waals surface area (Å²) in [5.41, 5.74) is 0. The third kappa shape index (κ3) is 1.84. The molecule has 4 heteroatoms. The maximum absolute atomic E-state index is 13.4. The van der Waals surface area contributed by atoms with E-state index in [1.54, 1.807) is 18.2 Å². The van der Waals surface area contributed by atoms with Gasteiger partial charge in [-0.2, -0.15) is 0 Å². The Labute approximate surface area is 93.3 Å². The topological polar surface area (TPSA) is 34.1 Å². The minimum absolute atomic E-state index is 0.0973. The van der Waals surface area contributed by atoms with Crippen LogP contribution in [0.2, 0.25) is 0 Å². The van der Waals surface area contributed by atoms with Crippen molar-refractivity contribution in [1.29, 1.82) is 0 Å². The molecule has 2 rings (SSSR count). The molecule has 2 nitrogen and oxygen atoms in total. The van der Waals surface area contributed by atoms with Crippen molar-refractivity contribution < 1.29 is 12.8 Å². The number of sulfone groups is 1. The van der Waals surface area contributed by atoms with Gasteiger partial charge in [0.1, 0.15) is 10.7 Å². The van der Waals surface area contributed by atoms with Crippen molar-refractivity contribution in [2.24, 2.45) is 0 Å². The summed E-state index contributed by atoms with van der Waals surface area (Å²) < 4.78 is 37.4. The Kier molecular flexibility index (Phi) is 2.75. The fourth-order valence-corrected chi connectivity index (χ4v) is 2.74. The molecule has 82 valence electrons. The average Bonchev–Trinajstić information content (AvgIpc) is 2.30. The molecule has 0 N–H and O–H groups in total. The molecule has 0 amide bonds. The fourth-order valence-electron chi connectivity index (χ4n) is 1.39. The van der Waals surface area contributed by atoms with Crippen molar-refractivity contribution >= 4 is 9.84 Å². The van der Waals surface area contributed by atoms with Crippen LogP contribution >= 0.6 is 0 Å². The van der Waals surface area contributed by atoms with Gasteiger partial charge in [0.2, 0.25) is 9.84 Å². The maximum Gasteiger partial charge on any atom is 0.209 e. The van der Waals surface area contributed by atoms with E-state index in [1.807, 2.05) is 0 Å². The molecule has 0 saturated heterocycles. The van der Waals surface area contributed by atoms with Crippen LogP contribution in [-0.2, 0) is 9.84 Å². The van der Waals surface area contributed by atoms with Gasteiger partial charge in [-0.15, -0.1) is 0 Å². The van der Waals surface area contributed by atoms with Crippen LogP contribution in [0.5, 0.6) is 0 Å². The van der Waals surface area contributed by atoms with Crippen LogP contribution in [0.1, 0.15) is 0 Å². The molecule has 0 unspecified atom stereocenters. The van der Waals surface area contributed by atoms with E-state index in [9.17, 15) is 12.8 Å². The Balaban J connectivity index is 2.62. The van der Waals surface area contributed by atoms with E-state index in [-0.39, 0.29) is 9.79 Å². The highest BCUT2D eigenvalue weighted by Crippen LogP contribution is 2.22. The van der Waals surface area contributed by atoms with Gasteiger partial charge in [0.25, 0.3) is 0 Å². The lowest BCUT2D eigenvalue weighted by Crippen LogP contribution is -2.03. The van der Waals surface area contributed by atoms with E-state index in [0.29, 0.717) is 0 Å². The van der Waals surface area contributed by atoms with E-state index in [1.165, 1.54) is 30.3 Å². The summed E-state index contributed by atoms with van der Waals surface area (Å²) in [6, 6.07) is 13.2. The summed E-state index contributed by atoms with van der Waals surface area (Å²) in [4.78, 5) is -0.193. The molecule has 2 aromatic carbocycles. The molecule has 0 spiro atoms. The van der Waals surface area contributed by atoms with E-state index < -0.39 is 15.7 Å². The van der Waals surface area contributed by atoms with Crippen LogP contribution in [0.25, 0.3) is 0 Å². The Morgan fingerprint density at radius 3 is 2.00 bits per heavy atom. The molecule has 0 aliphatic carbocycles. The van der Waals surface area contributed by atoms with Crippen molar-refractivity contribution in [1.82, 2.24) is 0 Å². The summed E-state index contributed by atoms with van der Waals surface area (Å²) in [5, 5.41) is 0. The standard InChI is InChI=1S/C12H9FO2S/c13-11-8-4-5-9-12(11)16(14,15)10-6-2-1-3-7-10/h1-9H. The van der Waals surface area contributed by atoms with Crippen molar-refractivity contribution in [2.75, 3.05) is 0 Å². The molecule has 0 saturated carbocycles.